The molecule has 3 N–H and O–H groups in total. The van der Waals surface area contributed by atoms with Gasteiger partial charge in [-0.2, -0.15) is 0 Å². The van der Waals surface area contributed by atoms with E-state index < -0.39 is 11.6 Å². The maximum absolute atomic E-state index is 13.6. The van der Waals surface area contributed by atoms with Crippen molar-refractivity contribution in [3.63, 3.8) is 0 Å². The Morgan fingerprint density at radius 2 is 1.40 bits per heavy atom. The third kappa shape index (κ3) is 4.93. The summed E-state index contributed by atoms with van der Waals surface area (Å²) in [7, 11) is 0. The lowest BCUT2D eigenvalue weighted by Gasteiger charge is -2.40. The number of hydrogen-bond acceptors (Lipinski definition) is 6. The molecule has 5 rings (SSSR count). The molecule has 6 nitrogen and oxygen atoms in total. The average molecular weight is 473 g/mol. The molecule has 0 amide bonds. The molecule has 1 aromatic heterocycles. The molecular formula is C27H26F2N6. The Morgan fingerprint density at radius 1 is 0.771 bits per heavy atom. The van der Waals surface area contributed by atoms with Gasteiger partial charge in [-0.3, -0.25) is 4.90 Å². The minimum atomic E-state index is -0.939. The first-order valence-electron chi connectivity index (χ1n) is 11.5. The van der Waals surface area contributed by atoms with Gasteiger partial charge in [0.2, 0.25) is 0 Å². The van der Waals surface area contributed by atoms with Crippen LogP contribution in [0.25, 0.3) is 0 Å². The summed E-state index contributed by atoms with van der Waals surface area (Å²) in [5, 5.41) is 2.97. The number of benzene rings is 3. The van der Waals surface area contributed by atoms with Crippen LogP contribution in [0, 0.1) is 11.6 Å². The normalized spacial score (nSPS) is 14.3. The highest BCUT2D eigenvalue weighted by Gasteiger charge is 2.28. The Labute approximate surface area is 203 Å². The third-order valence-corrected chi connectivity index (χ3v) is 6.25. The maximum Gasteiger partial charge on any atom is 0.160 e. The summed E-state index contributed by atoms with van der Waals surface area (Å²) >= 11 is 0. The minimum Gasteiger partial charge on any atom is -0.393 e. The van der Waals surface area contributed by atoms with Crippen LogP contribution in [0.4, 0.5) is 31.8 Å². The fraction of sp³-hybridized carbons (Fsp3) is 0.185. The summed E-state index contributed by atoms with van der Waals surface area (Å²) in [5.41, 5.74) is 9.64. The molecule has 2 heterocycles. The number of nitrogens with one attached hydrogen (secondary N) is 1. The molecule has 178 valence electrons. The second kappa shape index (κ2) is 10.1. The van der Waals surface area contributed by atoms with E-state index in [1.807, 2.05) is 12.1 Å². The topological polar surface area (TPSA) is 70.3 Å². The molecule has 1 aliphatic rings. The molecule has 0 unspecified atom stereocenters. The van der Waals surface area contributed by atoms with Gasteiger partial charge in [-0.15, -0.1) is 0 Å². The summed E-state index contributed by atoms with van der Waals surface area (Å²) < 4.78 is 26.9. The Hall–Kier alpha value is -4.04. The summed E-state index contributed by atoms with van der Waals surface area (Å²) in [5.74, 6) is -0.866. The standard InChI is InChI=1S/C27H26F2N6/c28-22-12-11-21(17-23(22)29)33-26-24(30)27(32-18-31-26)35-15-13-34(14-16-35)25(19-7-3-1-4-8-19)20-9-5-2-6-10-20/h1-12,17-18,25H,13-16,30H2,(H,31,32,33). The van der Waals surface area contributed by atoms with Crippen molar-refractivity contribution < 1.29 is 8.78 Å². The number of anilines is 4. The molecule has 0 radical (unpaired) electrons. The molecule has 0 spiro atoms. The van der Waals surface area contributed by atoms with E-state index in [1.165, 1.54) is 23.5 Å². The summed E-state index contributed by atoms with van der Waals surface area (Å²) in [6.45, 7) is 3.12. The molecule has 1 aliphatic heterocycles. The van der Waals surface area contributed by atoms with Crippen molar-refractivity contribution >= 4 is 23.0 Å². The number of halogens is 2. The Bertz CT molecular complexity index is 1240. The van der Waals surface area contributed by atoms with Gasteiger partial charge in [-0.1, -0.05) is 60.7 Å². The highest BCUT2D eigenvalue weighted by Crippen LogP contribution is 2.33. The highest BCUT2D eigenvalue weighted by atomic mass is 19.2. The van der Waals surface area contributed by atoms with Crippen molar-refractivity contribution in [2.45, 2.75) is 6.04 Å². The number of piperazine rings is 1. The quantitative estimate of drug-likeness (QED) is 0.412. The van der Waals surface area contributed by atoms with E-state index in [0.29, 0.717) is 23.0 Å². The van der Waals surface area contributed by atoms with Crippen LogP contribution in [-0.2, 0) is 0 Å². The van der Waals surface area contributed by atoms with Crippen LogP contribution in [0.2, 0.25) is 0 Å². The maximum atomic E-state index is 13.6. The second-order valence-electron chi connectivity index (χ2n) is 8.46. The van der Waals surface area contributed by atoms with Crippen LogP contribution in [0.1, 0.15) is 17.2 Å². The monoisotopic (exact) mass is 472 g/mol. The van der Waals surface area contributed by atoms with Crippen LogP contribution in [-0.4, -0.2) is 41.0 Å². The van der Waals surface area contributed by atoms with Crippen molar-refractivity contribution in [2.75, 3.05) is 42.1 Å². The van der Waals surface area contributed by atoms with Crippen LogP contribution in [0.5, 0.6) is 0 Å². The summed E-state index contributed by atoms with van der Waals surface area (Å²) in [6, 6.07) is 24.8. The lowest BCUT2D eigenvalue weighted by atomic mass is 9.96. The smallest absolute Gasteiger partial charge is 0.160 e. The van der Waals surface area contributed by atoms with Gasteiger partial charge in [-0.25, -0.2) is 18.7 Å². The van der Waals surface area contributed by atoms with E-state index in [2.05, 4.69) is 73.6 Å². The lowest BCUT2D eigenvalue weighted by Crippen LogP contribution is -2.48. The lowest BCUT2D eigenvalue weighted by molar-refractivity contribution is 0.212. The zero-order valence-electron chi connectivity index (χ0n) is 19.1. The van der Waals surface area contributed by atoms with Gasteiger partial charge in [0.1, 0.15) is 12.0 Å². The molecule has 1 saturated heterocycles. The number of nitrogen functional groups attached to an aromatic ring is 1. The van der Waals surface area contributed by atoms with Crippen LogP contribution < -0.4 is 16.0 Å². The highest BCUT2D eigenvalue weighted by molar-refractivity contribution is 5.78. The molecule has 3 aromatic carbocycles. The second-order valence-corrected chi connectivity index (χ2v) is 8.46. The number of hydrogen-bond donors (Lipinski definition) is 2. The minimum absolute atomic E-state index is 0.160. The molecule has 4 aromatic rings. The van der Waals surface area contributed by atoms with Crippen molar-refractivity contribution in [1.82, 2.24) is 14.9 Å². The average Bonchev–Trinajstić information content (AvgIpc) is 2.89. The van der Waals surface area contributed by atoms with Crippen molar-refractivity contribution in [3.05, 3.63) is 108 Å². The predicted molar refractivity (Wildman–Crippen MR) is 135 cm³/mol. The molecule has 0 aliphatic carbocycles. The molecule has 8 heteroatoms. The number of aromatic nitrogens is 2. The van der Waals surface area contributed by atoms with E-state index >= 15 is 0 Å². The van der Waals surface area contributed by atoms with E-state index in [0.717, 1.165) is 38.3 Å². The molecule has 0 saturated carbocycles. The Balaban J connectivity index is 1.33. The fourth-order valence-electron chi connectivity index (χ4n) is 4.53. The number of nitrogens with zero attached hydrogens (tertiary/aromatic N) is 4. The first kappa shape index (κ1) is 22.7. The van der Waals surface area contributed by atoms with Crippen molar-refractivity contribution in [2.24, 2.45) is 0 Å². The van der Waals surface area contributed by atoms with Gasteiger partial charge in [0.15, 0.2) is 23.3 Å². The van der Waals surface area contributed by atoms with Crippen molar-refractivity contribution in [3.8, 4) is 0 Å². The Morgan fingerprint density at radius 3 is 2.00 bits per heavy atom. The van der Waals surface area contributed by atoms with Crippen LogP contribution in [0.3, 0.4) is 0 Å². The molecule has 35 heavy (non-hydrogen) atoms. The van der Waals surface area contributed by atoms with E-state index in [-0.39, 0.29) is 6.04 Å². The van der Waals surface area contributed by atoms with E-state index in [9.17, 15) is 8.78 Å². The van der Waals surface area contributed by atoms with Gasteiger partial charge < -0.3 is 16.0 Å². The Kier molecular flexibility index (Phi) is 6.54. The van der Waals surface area contributed by atoms with Crippen molar-refractivity contribution in [1.29, 1.82) is 0 Å². The fourth-order valence-corrected chi connectivity index (χ4v) is 4.53. The van der Waals surface area contributed by atoms with Gasteiger partial charge >= 0.3 is 0 Å². The molecule has 0 atom stereocenters. The van der Waals surface area contributed by atoms with E-state index in [1.54, 1.807) is 0 Å². The first-order chi connectivity index (χ1) is 17.1. The zero-order valence-corrected chi connectivity index (χ0v) is 19.1. The van der Waals surface area contributed by atoms with Gasteiger partial charge in [0.25, 0.3) is 0 Å². The van der Waals surface area contributed by atoms with Crippen LogP contribution in [0.15, 0.2) is 85.2 Å². The van der Waals surface area contributed by atoms with Gasteiger partial charge in [0.05, 0.1) is 6.04 Å². The third-order valence-electron chi connectivity index (χ3n) is 6.25. The van der Waals surface area contributed by atoms with Crippen LogP contribution >= 0.6 is 0 Å². The summed E-state index contributed by atoms with van der Waals surface area (Å²) in [6.07, 6.45) is 1.43. The molecule has 0 bridgehead atoms. The zero-order chi connectivity index (χ0) is 24.2. The van der Waals surface area contributed by atoms with Gasteiger partial charge in [-0.05, 0) is 23.3 Å². The van der Waals surface area contributed by atoms with Gasteiger partial charge in [0, 0.05) is 37.9 Å². The SMILES string of the molecule is Nc1c(Nc2ccc(F)c(F)c2)ncnc1N1CCN(C(c2ccccc2)c2ccccc2)CC1. The molecular weight excluding hydrogens is 446 g/mol. The summed E-state index contributed by atoms with van der Waals surface area (Å²) in [4.78, 5) is 13.2. The first-order valence-corrected chi connectivity index (χ1v) is 11.5. The predicted octanol–water partition coefficient (Wildman–Crippen LogP) is 4.99. The number of nitrogens with two attached hydrogens (primary N) is 1. The van der Waals surface area contributed by atoms with E-state index in [4.69, 9.17) is 5.73 Å². The molecule has 1 fully saturated rings. The largest absolute Gasteiger partial charge is 0.393 e. The number of rotatable bonds is 6.